The van der Waals surface area contributed by atoms with Crippen LogP contribution in [0.5, 0.6) is 0 Å². The Hall–Kier alpha value is -1.36. The molecule has 0 aromatic carbocycles. The molecule has 2 N–H and O–H groups in total. The van der Waals surface area contributed by atoms with Crippen molar-refractivity contribution in [3.05, 3.63) is 11.8 Å². The third-order valence-corrected chi connectivity index (χ3v) is 2.53. The molecule has 0 aliphatic carbocycles. The van der Waals surface area contributed by atoms with Gasteiger partial charge in [-0.15, -0.1) is 0 Å². The lowest BCUT2D eigenvalue weighted by atomic mass is 10.2. The lowest BCUT2D eigenvalue weighted by Gasteiger charge is -2.08. The van der Waals surface area contributed by atoms with Gasteiger partial charge in [-0.1, -0.05) is 0 Å². The molecule has 1 unspecified atom stereocenters. The Labute approximate surface area is 88.2 Å². The number of carbonyl (C=O) groups is 1. The molecule has 1 aliphatic rings. The zero-order valence-electron chi connectivity index (χ0n) is 8.75. The molecule has 5 nitrogen and oxygen atoms in total. The van der Waals surface area contributed by atoms with Crippen LogP contribution in [0.15, 0.2) is 6.20 Å². The summed E-state index contributed by atoms with van der Waals surface area (Å²) in [5.74, 6) is 0.659. The Kier molecular flexibility index (Phi) is 3.01. The van der Waals surface area contributed by atoms with Crippen LogP contribution in [0, 0.1) is 6.92 Å². The maximum atomic E-state index is 11.6. The number of nitrogens with one attached hydrogen (secondary N) is 2. The molecule has 1 atom stereocenters. The van der Waals surface area contributed by atoms with Gasteiger partial charge in [-0.05, 0) is 19.8 Å². The summed E-state index contributed by atoms with van der Waals surface area (Å²) in [6.07, 6.45) is 4.24. The molecule has 1 aromatic rings. The number of hydrogen-bond acceptors (Lipinski definition) is 3. The summed E-state index contributed by atoms with van der Waals surface area (Å²) in [4.78, 5) is 11.6. The number of nitrogens with zero attached hydrogens (tertiary/aromatic N) is 1. The molecule has 1 saturated heterocycles. The molecule has 2 heterocycles. The maximum absolute atomic E-state index is 11.6. The molecule has 15 heavy (non-hydrogen) atoms. The normalized spacial score (nSPS) is 20.5. The number of H-pyrrole nitrogens is 1. The van der Waals surface area contributed by atoms with Crippen LogP contribution in [0.2, 0.25) is 0 Å². The number of aromatic nitrogens is 2. The standard InChI is InChI=1S/C10H15N3O2/c1-7-6-11-13-10(7)12-9(14)5-8-3-2-4-15-8/h6,8H,2-5H2,1H3,(H2,11,12,13,14). The fourth-order valence-electron chi connectivity index (χ4n) is 1.68. The molecule has 0 spiro atoms. The minimum atomic E-state index is -0.0192. The van der Waals surface area contributed by atoms with Gasteiger partial charge in [-0.3, -0.25) is 9.89 Å². The number of anilines is 1. The van der Waals surface area contributed by atoms with Crippen LogP contribution in [0.3, 0.4) is 0 Å². The van der Waals surface area contributed by atoms with Crippen molar-refractivity contribution in [1.82, 2.24) is 10.2 Å². The van der Waals surface area contributed by atoms with Gasteiger partial charge in [0.05, 0.1) is 18.7 Å². The van der Waals surface area contributed by atoms with Crippen LogP contribution in [0.4, 0.5) is 5.82 Å². The van der Waals surface area contributed by atoms with Crippen molar-refractivity contribution < 1.29 is 9.53 Å². The van der Waals surface area contributed by atoms with Gasteiger partial charge >= 0.3 is 0 Å². The monoisotopic (exact) mass is 209 g/mol. The molecule has 1 aromatic heterocycles. The van der Waals surface area contributed by atoms with Gasteiger partial charge in [0.15, 0.2) is 0 Å². The number of aromatic amines is 1. The van der Waals surface area contributed by atoms with E-state index < -0.39 is 0 Å². The highest BCUT2D eigenvalue weighted by molar-refractivity contribution is 5.90. The zero-order valence-corrected chi connectivity index (χ0v) is 8.75. The van der Waals surface area contributed by atoms with Gasteiger partial charge in [0, 0.05) is 12.2 Å². The van der Waals surface area contributed by atoms with Crippen LogP contribution in [-0.4, -0.2) is 28.8 Å². The van der Waals surface area contributed by atoms with E-state index in [9.17, 15) is 4.79 Å². The molecule has 1 fully saturated rings. The minimum Gasteiger partial charge on any atom is -0.378 e. The molecule has 0 saturated carbocycles. The molecule has 0 radical (unpaired) electrons. The third-order valence-electron chi connectivity index (χ3n) is 2.53. The van der Waals surface area contributed by atoms with Crippen molar-refractivity contribution in [1.29, 1.82) is 0 Å². The minimum absolute atomic E-state index is 0.0192. The first kappa shape index (κ1) is 10.2. The van der Waals surface area contributed by atoms with E-state index in [1.54, 1.807) is 6.20 Å². The lowest BCUT2D eigenvalue weighted by molar-refractivity contribution is -0.118. The van der Waals surface area contributed by atoms with Crippen LogP contribution < -0.4 is 5.32 Å². The second kappa shape index (κ2) is 4.44. The Bertz CT molecular complexity index is 342. The predicted molar refractivity (Wildman–Crippen MR) is 55.5 cm³/mol. The van der Waals surface area contributed by atoms with E-state index in [1.807, 2.05) is 6.92 Å². The third kappa shape index (κ3) is 2.56. The molecule has 5 heteroatoms. The fourth-order valence-corrected chi connectivity index (χ4v) is 1.68. The smallest absolute Gasteiger partial charge is 0.228 e. The van der Waals surface area contributed by atoms with Gasteiger partial charge in [0.1, 0.15) is 5.82 Å². The van der Waals surface area contributed by atoms with E-state index in [1.165, 1.54) is 0 Å². The van der Waals surface area contributed by atoms with Crippen LogP contribution in [0.25, 0.3) is 0 Å². The number of carbonyl (C=O) groups excluding carboxylic acids is 1. The molecule has 1 aliphatic heterocycles. The summed E-state index contributed by atoms with van der Waals surface area (Å²) in [6.45, 7) is 2.67. The zero-order chi connectivity index (χ0) is 10.7. The van der Waals surface area contributed by atoms with E-state index in [0.29, 0.717) is 12.2 Å². The summed E-state index contributed by atoms with van der Waals surface area (Å²) in [7, 11) is 0. The molecule has 82 valence electrons. The number of ether oxygens (including phenoxy) is 1. The van der Waals surface area contributed by atoms with Gasteiger partial charge < -0.3 is 10.1 Å². The Morgan fingerprint density at radius 2 is 2.67 bits per heavy atom. The van der Waals surface area contributed by atoms with Crippen LogP contribution >= 0.6 is 0 Å². The van der Waals surface area contributed by atoms with Gasteiger partial charge in [0.2, 0.25) is 5.91 Å². The highest BCUT2D eigenvalue weighted by atomic mass is 16.5. The quantitative estimate of drug-likeness (QED) is 0.786. The van der Waals surface area contributed by atoms with Crippen molar-refractivity contribution in [2.24, 2.45) is 0 Å². The van der Waals surface area contributed by atoms with Crippen molar-refractivity contribution in [2.45, 2.75) is 32.3 Å². The van der Waals surface area contributed by atoms with Crippen LogP contribution in [0.1, 0.15) is 24.8 Å². The fraction of sp³-hybridized carbons (Fsp3) is 0.600. The first-order valence-electron chi connectivity index (χ1n) is 5.17. The lowest BCUT2D eigenvalue weighted by Crippen LogP contribution is -2.19. The van der Waals surface area contributed by atoms with Gasteiger partial charge in [-0.2, -0.15) is 5.10 Å². The van der Waals surface area contributed by atoms with Crippen molar-refractivity contribution >= 4 is 11.7 Å². The molecule has 2 rings (SSSR count). The van der Waals surface area contributed by atoms with E-state index in [4.69, 9.17) is 4.74 Å². The Morgan fingerprint density at radius 1 is 1.80 bits per heavy atom. The van der Waals surface area contributed by atoms with E-state index in [2.05, 4.69) is 15.5 Å². The molecular weight excluding hydrogens is 194 g/mol. The second-order valence-corrected chi connectivity index (χ2v) is 3.82. The summed E-state index contributed by atoms with van der Waals surface area (Å²) in [5.41, 5.74) is 0.940. The highest BCUT2D eigenvalue weighted by Crippen LogP contribution is 2.16. The Morgan fingerprint density at radius 3 is 3.27 bits per heavy atom. The van der Waals surface area contributed by atoms with E-state index in [0.717, 1.165) is 25.0 Å². The summed E-state index contributed by atoms with van der Waals surface area (Å²) < 4.78 is 5.39. The predicted octanol–water partition coefficient (Wildman–Crippen LogP) is 1.23. The van der Waals surface area contributed by atoms with Crippen molar-refractivity contribution in [3.63, 3.8) is 0 Å². The number of aryl methyl sites for hydroxylation is 1. The average molecular weight is 209 g/mol. The second-order valence-electron chi connectivity index (χ2n) is 3.82. The largest absolute Gasteiger partial charge is 0.378 e. The number of amides is 1. The van der Waals surface area contributed by atoms with Crippen molar-refractivity contribution in [3.8, 4) is 0 Å². The first-order chi connectivity index (χ1) is 7.25. The molecule has 1 amide bonds. The van der Waals surface area contributed by atoms with Crippen LogP contribution in [-0.2, 0) is 9.53 Å². The Balaban J connectivity index is 1.84. The molecular formula is C10H15N3O2. The van der Waals surface area contributed by atoms with Gasteiger partial charge in [-0.25, -0.2) is 0 Å². The van der Waals surface area contributed by atoms with E-state index >= 15 is 0 Å². The SMILES string of the molecule is Cc1cn[nH]c1NC(=O)CC1CCCO1. The average Bonchev–Trinajstić information content (AvgIpc) is 2.79. The number of rotatable bonds is 3. The van der Waals surface area contributed by atoms with E-state index in [-0.39, 0.29) is 12.0 Å². The summed E-state index contributed by atoms with van der Waals surface area (Å²) in [6, 6.07) is 0. The van der Waals surface area contributed by atoms with Crippen molar-refractivity contribution in [2.75, 3.05) is 11.9 Å². The number of hydrogen-bond donors (Lipinski definition) is 2. The molecule has 0 bridgehead atoms. The maximum Gasteiger partial charge on any atom is 0.228 e. The topological polar surface area (TPSA) is 67.0 Å². The highest BCUT2D eigenvalue weighted by Gasteiger charge is 2.19. The van der Waals surface area contributed by atoms with Gasteiger partial charge in [0.25, 0.3) is 0 Å². The first-order valence-corrected chi connectivity index (χ1v) is 5.17. The summed E-state index contributed by atoms with van der Waals surface area (Å²) >= 11 is 0. The summed E-state index contributed by atoms with van der Waals surface area (Å²) in [5, 5.41) is 9.35.